The van der Waals surface area contributed by atoms with Crippen molar-refractivity contribution in [3.8, 4) is 5.75 Å². The van der Waals surface area contributed by atoms with Crippen LogP contribution >= 0.6 is 40.7 Å². The highest BCUT2D eigenvalue weighted by molar-refractivity contribution is 9.10. The van der Waals surface area contributed by atoms with E-state index in [1.54, 1.807) is 6.07 Å². The van der Waals surface area contributed by atoms with Crippen LogP contribution < -0.4 is 5.32 Å². The summed E-state index contributed by atoms with van der Waals surface area (Å²) >= 11 is 3.11. The van der Waals surface area contributed by atoms with Crippen molar-refractivity contribution in [3.63, 3.8) is 0 Å². The van der Waals surface area contributed by atoms with Crippen LogP contribution in [0.3, 0.4) is 0 Å². The lowest BCUT2D eigenvalue weighted by Gasteiger charge is -2.35. The molecule has 0 aliphatic carbocycles. The number of hydrogen-bond acceptors (Lipinski definition) is 3. The quantitative estimate of drug-likeness (QED) is 0.712. The summed E-state index contributed by atoms with van der Waals surface area (Å²) in [4.78, 5) is 2.33. The number of nitrogens with zero attached hydrogens (tertiary/aromatic N) is 1. The molecule has 0 radical (unpaired) electrons. The number of phenols is 1. The van der Waals surface area contributed by atoms with Gasteiger partial charge in [-0.1, -0.05) is 12.1 Å². The summed E-state index contributed by atoms with van der Waals surface area (Å²) in [6.07, 6.45) is 3.61. The topological polar surface area (TPSA) is 35.5 Å². The van der Waals surface area contributed by atoms with Crippen LogP contribution in [0.5, 0.6) is 5.75 Å². The molecule has 1 aromatic carbocycles. The summed E-state index contributed by atoms with van der Waals surface area (Å²) in [6.45, 7) is 7.49. The third kappa shape index (κ3) is 5.10. The SMILES string of the molecule is C=CCC[C@@H](c1ccc(F)c(Br)c1O)N1CCNCC1.Cl.Cl. The third-order valence-electron chi connectivity index (χ3n) is 3.70. The molecule has 7 heteroatoms. The lowest BCUT2D eigenvalue weighted by Crippen LogP contribution is -2.45. The van der Waals surface area contributed by atoms with Crippen molar-refractivity contribution in [3.05, 3.63) is 40.6 Å². The largest absolute Gasteiger partial charge is 0.506 e. The summed E-state index contributed by atoms with van der Waals surface area (Å²) in [5.41, 5.74) is 0.780. The number of piperazine rings is 1. The molecular formula is C15H22BrCl2FN2O. The fourth-order valence-electron chi connectivity index (χ4n) is 2.63. The molecule has 1 aliphatic rings. The number of nitrogens with one attached hydrogen (secondary N) is 1. The molecule has 0 spiro atoms. The van der Waals surface area contributed by atoms with E-state index in [-0.39, 0.29) is 41.1 Å². The smallest absolute Gasteiger partial charge is 0.141 e. The highest BCUT2D eigenvalue weighted by atomic mass is 79.9. The summed E-state index contributed by atoms with van der Waals surface area (Å²) in [5.74, 6) is -0.424. The van der Waals surface area contributed by atoms with E-state index in [1.807, 2.05) is 6.08 Å². The summed E-state index contributed by atoms with van der Waals surface area (Å²) in [7, 11) is 0. The van der Waals surface area contributed by atoms with Gasteiger partial charge in [-0.2, -0.15) is 0 Å². The van der Waals surface area contributed by atoms with Crippen molar-refractivity contribution in [2.45, 2.75) is 18.9 Å². The fourth-order valence-corrected chi connectivity index (χ4v) is 2.99. The fraction of sp³-hybridized carbons (Fsp3) is 0.467. The minimum absolute atomic E-state index is 0. The summed E-state index contributed by atoms with van der Waals surface area (Å²) in [5, 5.41) is 13.5. The van der Waals surface area contributed by atoms with E-state index >= 15 is 0 Å². The molecule has 3 nitrogen and oxygen atoms in total. The van der Waals surface area contributed by atoms with Gasteiger partial charge in [0, 0.05) is 37.8 Å². The zero-order chi connectivity index (χ0) is 14.5. The molecule has 1 aliphatic heterocycles. The van der Waals surface area contributed by atoms with Crippen LogP contribution in [-0.2, 0) is 0 Å². The van der Waals surface area contributed by atoms with Crippen LogP contribution in [0.1, 0.15) is 24.4 Å². The Morgan fingerprint density at radius 2 is 2.00 bits per heavy atom. The Kier molecular flexibility index (Phi) is 10.3. The highest BCUT2D eigenvalue weighted by Gasteiger charge is 2.25. The molecule has 2 N–H and O–H groups in total. The van der Waals surface area contributed by atoms with Crippen molar-refractivity contribution in [1.29, 1.82) is 0 Å². The van der Waals surface area contributed by atoms with E-state index in [9.17, 15) is 9.50 Å². The van der Waals surface area contributed by atoms with Crippen molar-refractivity contribution in [2.24, 2.45) is 0 Å². The maximum Gasteiger partial charge on any atom is 0.141 e. The van der Waals surface area contributed by atoms with Crippen LogP contribution in [-0.4, -0.2) is 36.2 Å². The number of halogens is 4. The first kappa shape index (κ1) is 21.7. The molecule has 22 heavy (non-hydrogen) atoms. The normalized spacial score (nSPS) is 16.3. The molecular weight excluding hydrogens is 394 g/mol. The molecule has 0 aromatic heterocycles. The molecule has 1 aromatic rings. The van der Waals surface area contributed by atoms with E-state index in [4.69, 9.17) is 0 Å². The van der Waals surface area contributed by atoms with E-state index in [0.717, 1.165) is 44.6 Å². The molecule has 1 fully saturated rings. The van der Waals surface area contributed by atoms with Crippen molar-refractivity contribution in [2.75, 3.05) is 26.2 Å². The van der Waals surface area contributed by atoms with Gasteiger partial charge in [0.1, 0.15) is 11.6 Å². The van der Waals surface area contributed by atoms with Crippen LogP contribution in [0.4, 0.5) is 4.39 Å². The van der Waals surface area contributed by atoms with Crippen LogP contribution in [0.2, 0.25) is 0 Å². The van der Waals surface area contributed by atoms with Crippen LogP contribution in [0.15, 0.2) is 29.3 Å². The van der Waals surface area contributed by atoms with E-state index < -0.39 is 5.82 Å². The Labute approximate surface area is 151 Å². The van der Waals surface area contributed by atoms with Gasteiger partial charge in [0.25, 0.3) is 0 Å². The van der Waals surface area contributed by atoms with Crippen LogP contribution in [0.25, 0.3) is 0 Å². The predicted molar refractivity (Wildman–Crippen MR) is 96.9 cm³/mol. The van der Waals surface area contributed by atoms with Gasteiger partial charge >= 0.3 is 0 Å². The first-order valence-electron chi connectivity index (χ1n) is 6.87. The van der Waals surface area contributed by atoms with Crippen molar-refractivity contribution < 1.29 is 9.50 Å². The Morgan fingerprint density at radius 3 is 2.59 bits per heavy atom. The van der Waals surface area contributed by atoms with Gasteiger partial charge in [0.05, 0.1) is 4.47 Å². The molecule has 0 unspecified atom stereocenters. The Hall–Kier alpha value is -0.330. The summed E-state index contributed by atoms with van der Waals surface area (Å²) < 4.78 is 13.6. The molecule has 1 atom stereocenters. The molecule has 0 saturated carbocycles. The average Bonchev–Trinajstić information content (AvgIpc) is 2.48. The Bertz CT molecular complexity index is 485. The van der Waals surface area contributed by atoms with Gasteiger partial charge in [-0.3, -0.25) is 4.90 Å². The zero-order valence-corrected chi connectivity index (χ0v) is 15.4. The number of phenolic OH excluding ortho intramolecular Hbond substituents is 1. The van der Waals surface area contributed by atoms with Gasteiger partial charge in [0.15, 0.2) is 0 Å². The van der Waals surface area contributed by atoms with Gasteiger partial charge in [-0.05, 0) is 34.8 Å². The molecule has 1 heterocycles. The van der Waals surface area contributed by atoms with E-state index in [2.05, 4.69) is 32.7 Å². The first-order valence-corrected chi connectivity index (χ1v) is 7.67. The van der Waals surface area contributed by atoms with E-state index in [0.29, 0.717) is 0 Å². The van der Waals surface area contributed by atoms with Gasteiger partial charge in [-0.15, -0.1) is 31.4 Å². The first-order chi connectivity index (χ1) is 9.65. The second-order valence-electron chi connectivity index (χ2n) is 4.97. The lowest BCUT2D eigenvalue weighted by molar-refractivity contribution is 0.163. The molecule has 1 saturated heterocycles. The zero-order valence-electron chi connectivity index (χ0n) is 12.2. The second kappa shape index (κ2) is 10.4. The maximum atomic E-state index is 13.5. The van der Waals surface area contributed by atoms with Crippen molar-refractivity contribution in [1.82, 2.24) is 10.2 Å². The monoisotopic (exact) mass is 414 g/mol. The van der Waals surface area contributed by atoms with Gasteiger partial charge in [0.2, 0.25) is 0 Å². The third-order valence-corrected chi connectivity index (χ3v) is 4.45. The maximum absolute atomic E-state index is 13.5. The number of allylic oxidation sites excluding steroid dienone is 1. The molecule has 126 valence electrons. The molecule has 0 amide bonds. The molecule has 2 rings (SSSR count). The van der Waals surface area contributed by atoms with E-state index in [1.165, 1.54) is 6.07 Å². The standard InChI is InChI=1S/C15H20BrFN2O.2ClH/c1-2-3-4-13(19-9-7-18-8-10-19)11-5-6-12(17)14(16)15(11)20;;/h2,5-6,13,18,20H,1,3-4,7-10H2;2*1H/t13-;;/m0../s1. The lowest BCUT2D eigenvalue weighted by atomic mass is 9.98. The van der Waals surface area contributed by atoms with Gasteiger partial charge in [-0.25, -0.2) is 4.39 Å². The Balaban J connectivity index is 0.00000220. The molecule has 0 bridgehead atoms. The Morgan fingerprint density at radius 1 is 1.36 bits per heavy atom. The number of rotatable bonds is 5. The highest BCUT2D eigenvalue weighted by Crippen LogP contribution is 2.38. The average molecular weight is 416 g/mol. The minimum Gasteiger partial charge on any atom is -0.506 e. The number of benzene rings is 1. The second-order valence-corrected chi connectivity index (χ2v) is 5.76. The number of hydrogen-bond donors (Lipinski definition) is 2. The van der Waals surface area contributed by atoms with Gasteiger partial charge < -0.3 is 10.4 Å². The van der Waals surface area contributed by atoms with Crippen molar-refractivity contribution >= 4 is 40.7 Å². The predicted octanol–water partition coefficient (Wildman–Crippen LogP) is 4.05. The summed E-state index contributed by atoms with van der Waals surface area (Å²) in [6, 6.07) is 3.18. The number of aromatic hydroxyl groups is 1. The minimum atomic E-state index is -0.436. The van der Waals surface area contributed by atoms with Crippen LogP contribution in [0, 0.1) is 5.82 Å².